The second-order valence-electron chi connectivity index (χ2n) is 10.9. The molecule has 0 spiro atoms. The minimum atomic E-state index is -0.464. The Bertz CT molecular complexity index is 1350. The van der Waals surface area contributed by atoms with Crippen LogP contribution in [0.2, 0.25) is 0 Å². The summed E-state index contributed by atoms with van der Waals surface area (Å²) in [5.74, 6) is 0. The summed E-state index contributed by atoms with van der Waals surface area (Å²) in [6, 6.07) is 40.5. The monoisotopic (exact) mass is 594 g/mol. The molecular weight excluding hydrogens is 552 g/mol. The van der Waals surface area contributed by atoms with E-state index in [1.807, 2.05) is 103 Å². The van der Waals surface area contributed by atoms with Gasteiger partial charge in [0.2, 0.25) is 0 Å². The molecule has 4 aromatic carbocycles. The molecule has 1 saturated heterocycles. The van der Waals surface area contributed by atoms with Crippen LogP contribution in [0.15, 0.2) is 133 Å². The molecular formula is C38H42O6. The van der Waals surface area contributed by atoms with Gasteiger partial charge >= 0.3 is 0 Å². The Kier molecular flexibility index (Phi) is 12.7. The highest BCUT2D eigenvalue weighted by Crippen LogP contribution is 2.32. The summed E-state index contributed by atoms with van der Waals surface area (Å²) in [4.78, 5) is 0. The van der Waals surface area contributed by atoms with E-state index in [-0.39, 0.29) is 12.7 Å². The number of aliphatic hydroxyl groups excluding tert-OH is 1. The molecule has 1 aliphatic rings. The lowest BCUT2D eigenvalue weighted by atomic mass is 9.92. The number of hydrogen-bond donors (Lipinski definition) is 1. The highest BCUT2D eigenvalue weighted by molar-refractivity contribution is 5.16. The Morgan fingerprint density at radius 1 is 0.500 bits per heavy atom. The van der Waals surface area contributed by atoms with E-state index in [0.29, 0.717) is 39.5 Å². The Balaban J connectivity index is 1.42. The Morgan fingerprint density at radius 3 is 1.36 bits per heavy atom. The van der Waals surface area contributed by atoms with Crippen molar-refractivity contribution in [2.75, 3.05) is 13.2 Å². The Morgan fingerprint density at radius 2 is 0.909 bits per heavy atom. The lowest BCUT2D eigenvalue weighted by Gasteiger charge is -2.46. The van der Waals surface area contributed by atoms with Gasteiger partial charge in [-0.25, -0.2) is 0 Å². The molecule has 44 heavy (non-hydrogen) atoms. The SMILES string of the molecule is OC/C=C/C[C@H]1O[C@H](COCc2ccccc2)[C@H](OCc2ccccc2)[C@H](OCc2ccccc2)[C@H]1OCc1ccccc1. The summed E-state index contributed by atoms with van der Waals surface area (Å²) in [5, 5.41) is 9.45. The van der Waals surface area contributed by atoms with Crippen LogP contribution in [0.5, 0.6) is 0 Å². The van der Waals surface area contributed by atoms with E-state index < -0.39 is 24.4 Å². The van der Waals surface area contributed by atoms with Crippen molar-refractivity contribution in [1.82, 2.24) is 0 Å². The average molecular weight is 595 g/mol. The second kappa shape index (κ2) is 17.6. The van der Waals surface area contributed by atoms with Gasteiger partial charge in [0.25, 0.3) is 0 Å². The van der Waals surface area contributed by atoms with E-state index in [4.69, 9.17) is 23.7 Å². The number of hydrogen-bond acceptors (Lipinski definition) is 6. The minimum absolute atomic E-state index is 0.0391. The quantitative estimate of drug-likeness (QED) is 0.146. The standard InChI is InChI=1S/C38H42O6/c39-24-14-13-23-34-36(41-26-31-17-7-2-8-18-31)38(43-28-33-21-11-4-12-22-33)37(42-27-32-19-9-3-10-20-32)35(44-34)29-40-25-30-15-5-1-6-16-30/h1-22,34-39H,23-29H2/b14-13+/t34-,35-,36+,37+,38-/m1/s1. The molecule has 1 fully saturated rings. The molecule has 0 saturated carbocycles. The van der Waals surface area contributed by atoms with Gasteiger partial charge in [-0.3, -0.25) is 0 Å². The smallest absolute Gasteiger partial charge is 0.115 e. The molecule has 6 heteroatoms. The first-order chi connectivity index (χ1) is 21.8. The van der Waals surface area contributed by atoms with Crippen LogP contribution < -0.4 is 0 Å². The summed E-state index contributed by atoms with van der Waals surface area (Å²) < 4.78 is 33.1. The molecule has 1 heterocycles. The van der Waals surface area contributed by atoms with Crippen LogP contribution in [0, 0.1) is 0 Å². The summed E-state index contributed by atoms with van der Waals surface area (Å²) in [6.07, 6.45) is 2.11. The van der Waals surface area contributed by atoms with E-state index >= 15 is 0 Å². The molecule has 4 aromatic rings. The van der Waals surface area contributed by atoms with Crippen molar-refractivity contribution in [3.8, 4) is 0 Å². The molecule has 1 aliphatic heterocycles. The summed E-state index contributed by atoms with van der Waals surface area (Å²) in [7, 11) is 0. The fraction of sp³-hybridized carbons (Fsp3) is 0.316. The molecule has 0 bridgehead atoms. The number of rotatable bonds is 16. The zero-order valence-electron chi connectivity index (χ0n) is 25.0. The zero-order chi connectivity index (χ0) is 30.2. The Hall–Kier alpha value is -3.62. The van der Waals surface area contributed by atoms with Gasteiger partial charge in [-0.15, -0.1) is 0 Å². The summed E-state index contributed by atoms with van der Waals surface area (Å²) >= 11 is 0. The highest BCUT2D eigenvalue weighted by Gasteiger charge is 2.48. The fourth-order valence-corrected chi connectivity index (χ4v) is 5.38. The largest absolute Gasteiger partial charge is 0.392 e. The maximum atomic E-state index is 9.45. The molecule has 230 valence electrons. The predicted octanol–water partition coefficient (Wildman–Crippen LogP) is 6.67. The molecule has 5 atom stereocenters. The van der Waals surface area contributed by atoms with Crippen molar-refractivity contribution in [2.24, 2.45) is 0 Å². The van der Waals surface area contributed by atoms with Gasteiger partial charge in [-0.05, 0) is 28.7 Å². The molecule has 1 N–H and O–H groups in total. The average Bonchev–Trinajstić information content (AvgIpc) is 3.08. The van der Waals surface area contributed by atoms with E-state index in [0.717, 1.165) is 22.3 Å². The lowest BCUT2D eigenvalue weighted by Crippen LogP contribution is -2.61. The summed E-state index contributed by atoms with van der Waals surface area (Å²) in [5.41, 5.74) is 4.28. The van der Waals surface area contributed by atoms with Crippen molar-refractivity contribution in [3.05, 3.63) is 156 Å². The summed E-state index contributed by atoms with van der Waals surface area (Å²) in [6.45, 7) is 1.95. The van der Waals surface area contributed by atoms with Crippen molar-refractivity contribution in [2.45, 2.75) is 63.4 Å². The van der Waals surface area contributed by atoms with Crippen LogP contribution in [0.1, 0.15) is 28.7 Å². The van der Waals surface area contributed by atoms with Crippen LogP contribution in [-0.2, 0) is 50.1 Å². The lowest BCUT2D eigenvalue weighted by molar-refractivity contribution is -0.271. The van der Waals surface area contributed by atoms with Crippen LogP contribution in [0.4, 0.5) is 0 Å². The van der Waals surface area contributed by atoms with Crippen molar-refractivity contribution in [1.29, 1.82) is 0 Å². The van der Waals surface area contributed by atoms with E-state index in [1.165, 1.54) is 0 Å². The van der Waals surface area contributed by atoms with E-state index in [2.05, 4.69) is 24.3 Å². The van der Waals surface area contributed by atoms with Gasteiger partial charge in [0.15, 0.2) is 0 Å². The minimum Gasteiger partial charge on any atom is -0.392 e. The molecule has 0 amide bonds. The normalized spacial score (nSPS) is 21.9. The molecule has 0 aromatic heterocycles. The van der Waals surface area contributed by atoms with Crippen LogP contribution >= 0.6 is 0 Å². The van der Waals surface area contributed by atoms with Gasteiger partial charge in [0.1, 0.15) is 24.4 Å². The maximum absolute atomic E-state index is 9.45. The number of ether oxygens (including phenoxy) is 5. The van der Waals surface area contributed by atoms with E-state index in [1.54, 1.807) is 6.08 Å². The molecule has 5 rings (SSSR count). The predicted molar refractivity (Wildman–Crippen MR) is 171 cm³/mol. The molecule has 0 aliphatic carbocycles. The third kappa shape index (κ3) is 9.69. The van der Waals surface area contributed by atoms with Gasteiger partial charge in [-0.2, -0.15) is 0 Å². The second-order valence-corrected chi connectivity index (χ2v) is 10.9. The molecule has 6 nitrogen and oxygen atoms in total. The van der Waals surface area contributed by atoms with Gasteiger partial charge in [0.05, 0.1) is 45.7 Å². The van der Waals surface area contributed by atoms with Crippen LogP contribution in [0.3, 0.4) is 0 Å². The Labute approximate surface area is 260 Å². The van der Waals surface area contributed by atoms with Gasteiger partial charge in [0, 0.05) is 0 Å². The third-order valence-electron chi connectivity index (χ3n) is 7.62. The maximum Gasteiger partial charge on any atom is 0.115 e. The number of benzene rings is 4. The van der Waals surface area contributed by atoms with Crippen molar-refractivity contribution in [3.63, 3.8) is 0 Å². The highest BCUT2D eigenvalue weighted by atomic mass is 16.6. The first-order valence-electron chi connectivity index (χ1n) is 15.3. The first-order valence-corrected chi connectivity index (χ1v) is 15.3. The van der Waals surface area contributed by atoms with Crippen molar-refractivity contribution >= 4 is 0 Å². The topological polar surface area (TPSA) is 66.4 Å². The van der Waals surface area contributed by atoms with Crippen molar-refractivity contribution < 1.29 is 28.8 Å². The van der Waals surface area contributed by atoms with Crippen LogP contribution in [-0.4, -0.2) is 48.8 Å². The van der Waals surface area contributed by atoms with E-state index in [9.17, 15) is 5.11 Å². The molecule has 0 unspecified atom stereocenters. The third-order valence-corrected chi connectivity index (χ3v) is 7.62. The van der Waals surface area contributed by atoms with Crippen LogP contribution in [0.25, 0.3) is 0 Å². The van der Waals surface area contributed by atoms with Gasteiger partial charge < -0.3 is 28.8 Å². The van der Waals surface area contributed by atoms with Gasteiger partial charge in [-0.1, -0.05) is 133 Å². The first kappa shape index (κ1) is 31.8. The number of aliphatic hydroxyl groups is 1. The fourth-order valence-electron chi connectivity index (χ4n) is 5.38. The zero-order valence-corrected chi connectivity index (χ0v) is 25.0. The molecule has 0 radical (unpaired) electrons.